The van der Waals surface area contributed by atoms with Crippen LogP contribution in [-0.2, 0) is 32.2 Å². The summed E-state index contributed by atoms with van der Waals surface area (Å²) in [7, 11) is 1.90. The molecule has 12 heteroatoms. The largest absolute Gasteiger partial charge is 0.481 e. The van der Waals surface area contributed by atoms with Gasteiger partial charge in [0.2, 0.25) is 0 Å². The molecule has 8 N–H and O–H groups in total. The number of aliphatic hydroxyl groups excluding tert-OH is 6. The van der Waals surface area contributed by atoms with Gasteiger partial charge in [0.25, 0.3) is 0 Å². The van der Waals surface area contributed by atoms with Crippen LogP contribution in [0.4, 0.5) is 0 Å². The van der Waals surface area contributed by atoms with E-state index in [4.69, 9.17) is 14.2 Å². The van der Waals surface area contributed by atoms with E-state index in [-0.39, 0.29) is 53.8 Å². The minimum Gasteiger partial charge on any atom is -0.481 e. The summed E-state index contributed by atoms with van der Waals surface area (Å²) in [5.74, 6) is -0.954. The van der Waals surface area contributed by atoms with Gasteiger partial charge < -0.3 is 55.3 Å². The van der Waals surface area contributed by atoms with Gasteiger partial charge in [-0.25, -0.2) is 0 Å². The third-order valence-corrected chi connectivity index (χ3v) is 17.4. The normalized spacial score (nSPS) is 47.4. The molecule has 320 valence electrons. The molecule has 5 aliphatic carbocycles. The van der Waals surface area contributed by atoms with Gasteiger partial charge in [-0.2, -0.15) is 0 Å². The first-order valence-electron chi connectivity index (χ1n) is 21.4. The Morgan fingerprint density at radius 1 is 0.930 bits per heavy atom. The fraction of sp³-hybridized carbons (Fsp3) is 0.800. The summed E-state index contributed by atoms with van der Waals surface area (Å²) in [4.78, 5) is 13.2. The molecule has 16 atom stereocenters. The van der Waals surface area contributed by atoms with Gasteiger partial charge in [0.15, 0.2) is 6.29 Å². The highest BCUT2D eigenvalue weighted by Crippen LogP contribution is 2.76. The van der Waals surface area contributed by atoms with Gasteiger partial charge in [-0.1, -0.05) is 70.5 Å². The van der Waals surface area contributed by atoms with E-state index in [9.17, 15) is 40.5 Å². The van der Waals surface area contributed by atoms with E-state index in [1.165, 1.54) is 5.57 Å². The number of hydrogen-bond acceptors (Lipinski definition) is 11. The van der Waals surface area contributed by atoms with Crippen molar-refractivity contribution in [1.82, 2.24) is 5.32 Å². The first-order chi connectivity index (χ1) is 26.9. The average molecular weight is 800 g/mol. The Balaban J connectivity index is 1.29. The molecule has 1 aromatic carbocycles. The van der Waals surface area contributed by atoms with Gasteiger partial charge in [0.1, 0.15) is 18.3 Å². The van der Waals surface area contributed by atoms with Gasteiger partial charge in [0, 0.05) is 18.6 Å². The van der Waals surface area contributed by atoms with Crippen molar-refractivity contribution in [2.45, 2.75) is 148 Å². The van der Waals surface area contributed by atoms with Crippen molar-refractivity contribution in [3.63, 3.8) is 0 Å². The lowest BCUT2D eigenvalue weighted by Crippen LogP contribution is -2.71. The highest BCUT2D eigenvalue weighted by molar-refractivity contribution is 5.76. The van der Waals surface area contributed by atoms with Gasteiger partial charge >= 0.3 is 5.97 Å². The van der Waals surface area contributed by atoms with Crippen molar-refractivity contribution < 1.29 is 54.8 Å². The lowest BCUT2D eigenvalue weighted by Gasteiger charge is -2.72. The zero-order valence-electron chi connectivity index (χ0n) is 34.8. The maximum atomic E-state index is 13.2. The summed E-state index contributed by atoms with van der Waals surface area (Å²) in [6.45, 7) is 11.4. The monoisotopic (exact) mass is 799 g/mol. The topological polar surface area (TPSA) is 198 Å². The predicted molar refractivity (Wildman–Crippen MR) is 211 cm³/mol. The van der Waals surface area contributed by atoms with Crippen molar-refractivity contribution in [3.05, 3.63) is 47.0 Å². The first-order valence-corrected chi connectivity index (χ1v) is 21.4. The van der Waals surface area contributed by atoms with Crippen molar-refractivity contribution in [2.24, 2.45) is 50.2 Å². The fourth-order valence-electron chi connectivity index (χ4n) is 13.7. The van der Waals surface area contributed by atoms with Crippen LogP contribution < -0.4 is 5.32 Å². The zero-order chi connectivity index (χ0) is 41.3. The Morgan fingerprint density at radius 2 is 1.61 bits per heavy atom. The van der Waals surface area contributed by atoms with Crippen LogP contribution in [0.3, 0.4) is 0 Å². The Kier molecular flexibility index (Phi) is 11.7. The van der Waals surface area contributed by atoms with Crippen LogP contribution in [0.15, 0.2) is 35.9 Å². The molecule has 0 radical (unpaired) electrons. The fourth-order valence-corrected chi connectivity index (χ4v) is 13.7. The third-order valence-electron chi connectivity index (χ3n) is 17.4. The highest BCUT2D eigenvalue weighted by Gasteiger charge is 2.72. The average Bonchev–Trinajstić information content (AvgIpc) is 3.18. The molecule has 1 aliphatic heterocycles. The summed E-state index contributed by atoms with van der Waals surface area (Å²) < 4.78 is 19.4. The number of allylic oxidation sites excluding steroid dienone is 2. The number of rotatable bonds is 11. The Hall–Kier alpha value is -1.97. The quantitative estimate of drug-likeness (QED) is 0.119. The second-order valence-electron chi connectivity index (χ2n) is 20.3. The minimum absolute atomic E-state index is 0.0296. The number of aliphatic hydroxyl groups is 6. The van der Waals surface area contributed by atoms with Crippen molar-refractivity contribution in [3.8, 4) is 0 Å². The number of aliphatic carboxylic acids is 1. The van der Waals surface area contributed by atoms with Gasteiger partial charge in [-0.05, 0) is 115 Å². The second kappa shape index (κ2) is 15.5. The predicted octanol–water partition coefficient (Wildman–Crippen LogP) is 3.92. The molecular formula is C45H69NO11. The Labute approximate surface area is 338 Å². The van der Waals surface area contributed by atoms with E-state index in [0.29, 0.717) is 38.5 Å². The number of carboxylic acids is 1. The SMILES string of the molecule is CNCc1ccc(CO[C@@H]2C[C@@]3(C)[C@@H](CC[C@]4(C)[C@H]3CC=C3[C@@H]5C[C@](C)(CO)CC[C@@]5(C(=O)O)CC[C@@]34C)[C@](C)([C@H](O)CO)[C@@H]2O[C@H]2OC[C@@H](O)[C@H](O)[C@H]2O)cc1. The lowest BCUT2D eigenvalue weighted by molar-refractivity contribution is -0.340. The Morgan fingerprint density at radius 3 is 2.26 bits per heavy atom. The van der Waals surface area contributed by atoms with Crippen LogP contribution in [0.25, 0.3) is 0 Å². The van der Waals surface area contributed by atoms with Crippen LogP contribution in [0, 0.1) is 50.2 Å². The smallest absolute Gasteiger partial charge is 0.310 e. The van der Waals surface area contributed by atoms with Crippen LogP contribution in [0.5, 0.6) is 0 Å². The van der Waals surface area contributed by atoms with E-state index >= 15 is 0 Å². The standard InChI is InChI=1S/C45H69NO11/c1-40(25-48)15-17-45(39(53)54)18-16-42(3)28(29(45)19-40)11-12-32-41(2)20-31(55-23-27-9-7-26(8-10-27)21-46-6)37(57-38-36(52)35(51)30(49)24-56-38)44(5,34(50)22-47)33(41)13-14-43(32,42)4/h7-11,29-38,46-52H,12-25H2,1-6H3,(H,53,54)/t29-,30+,31+,32-,33+,34+,35-,36+,37+,38+,40+,41+,42-,43+,44+,45+/m0/s1. The third kappa shape index (κ3) is 6.67. The summed E-state index contributed by atoms with van der Waals surface area (Å²) in [5, 5.41) is 79.3. The van der Waals surface area contributed by atoms with Crippen LogP contribution in [0.1, 0.15) is 104 Å². The van der Waals surface area contributed by atoms with E-state index < -0.39 is 71.7 Å². The maximum absolute atomic E-state index is 13.2. The van der Waals surface area contributed by atoms with E-state index in [2.05, 4.69) is 51.2 Å². The summed E-state index contributed by atoms with van der Waals surface area (Å²) >= 11 is 0. The van der Waals surface area contributed by atoms with E-state index in [0.717, 1.165) is 36.9 Å². The highest BCUT2D eigenvalue weighted by atomic mass is 16.7. The molecule has 0 unspecified atom stereocenters. The first kappa shape index (κ1) is 43.1. The van der Waals surface area contributed by atoms with Crippen LogP contribution in [-0.4, -0.2) is 111 Å². The molecule has 12 nitrogen and oxygen atoms in total. The van der Waals surface area contributed by atoms with Gasteiger partial charge in [-0.15, -0.1) is 0 Å². The molecule has 7 rings (SSSR count). The van der Waals surface area contributed by atoms with Crippen LogP contribution >= 0.6 is 0 Å². The minimum atomic E-state index is -1.55. The number of hydrogen-bond donors (Lipinski definition) is 8. The maximum Gasteiger partial charge on any atom is 0.310 e. The van der Waals surface area contributed by atoms with Crippen molar-refractivity contribution in [1.29, 1.82) is 0 Å². The number of nitrogens with one attached hydrogen (secondary N) is 1. The van der Waals surface area contributed by atoms with E-state index in [1.54, 1.807) is 0 Å². The molecule has 57 heavy (non-hydrogen) atoms. The summed E-state index contributed by atoms with van der Waals surface area (Å²) in [6.07, 6.45) is 0.0154. The zero-order valence-corrected chi connectivity index (χ0v) is 34.8. The number of carboxylic acid groups (broad SMARTS) is 1. The molecule has 1 aromatic rings. The van der Waals surface area contributed by atoms with Crippen molar-refractivity contribution >= 4 is 5.97 Å². The van der Waals surface area contributed by atoms with Gasteiger partial charge in [0.05, 0.1) is 43.5 Å². The number of fused-ring (bicyclic) bond motifs is 7. The summed E-state index contributed by atoms with van der Waals surface area (Å²) in [5.41, 5.74) is 0.0560. The van der Waals surface area contributed by atoms with E-state index in [1.807, 2.05) is 26.1 Å². The number of benzene rings is 1. The van der Waals surface area contributed by atoms with Gasteiger partial charge in [-0.3, -0.25) is 4.79 Å². The number of carbonyl (C=O) groups is 1. The molecule has 4 saturated carbocycles. The molecular weight excluding hydrogens is 730 g/mol. The second-order valence-corrected chi connectivity index (χ2v) is 20.3. The molecule has 5 fully saturated rings. The Bertz CT molecular complexity index is 1660. The molecule has 6 aliphatic rings. The molecule has 0 amide bonds. The number of ether oxygens (including phenoxy) is 3. The molecule has 1 heterocycles. The molecule has 0 aromatic heterocycles. The van der Waals surface area contributed by atoms with Crippen molar-refractivity contribution in [2.75, 3.05) is 26.9 Å². The van der Waals surface area contributed by atoms with Crippen LogP contribution in [0.2, 0.25) is 0 Å². The lowest BCUT2D eigenvalue weighted by atomic mass is 9.33. The molecule has 0 spiro atoms. The summed E-state index contributed by atoms with van der Waals surface area (Å²) in [6, 6.07) is 8.17. The molecule has 0 bridgehead atoms. The molecule has 1 saturated heterocycles.